The zero-order chi connectivity index (χ0) is 9.14. The van der Waals surface area contributed by atoms with Gasteiger partial charge in [0, 0.05) is 5.56 Å². The molecule has 3 nitrogen and oxygen atoms in total. The van der Waals surface area contributed by atoms with Crippen molar-refractivity contribution in [1.29, 1.82) is 5.26 Å². The number of benzene rings is 1. The van der Waals surface area contributed by atoms with Crippen LogP contribution in [0.15, 0.2) is 18.2 Å². The molecule has 12 heavy (non-hydrogen) atoms. The zero-order valence-corrected chi connectivity index (χ0v) is 6.78. The van der Waals surface area contributed by atoms with E-state index in [2.05, 4.69) is 0 Å². The molecule has 0 unspecified atom stereocenters. The third-order valence-electron chi connectivity index (χ3n) is 1.66. The Morgan fingerprint density at radius 1 is 1.58 bits per heavy atom. The third kappa shape index (κ3) is 1.55. The molecule has 0 aromatic heterocycles. The minimum atomic E-state index is -0.745. The second-order valence-electron chi connectivity index (χ2n) is 2.67. The van der Waals surface area contributed by atoms with Gasteiger partial charge in [0.25, 0.3) is 0 Å². The number of hydrogen-bond donors (Lipinski definition) is 2. The Kier molecular flexibility index (Phi) is 2.32. The van der Waals surface area contributed by atoms with Gasteiger partial charge in [-0.1, -0.05) is 11.6 Å². The van der Waals surface area contributed by atoms with Crippen molar-refractivity contribution in [1.82, 2.24) is 0 Å². The fraction of sp³-hybridized carbons (Fsp3) is 0.222. The molecule has 0 heterocycles. The van der Waals surface area contributed by atoms with Gasteiger partial charge in [0.15, 0.2) is 0 Å². The Balaban J connectivity index is 3.15. The molecule has 0 aliphatic rings. The highest BCUT2D eigenvalue weighted by atomic mass is 16.3. The number of nitrogens with two attached hydrogens (primary N) is 1. The van der Waals surface area contributed by atoms with Crippen molar-refractivity contribution in [2.45, 2.75) is 13.0 Å². The van der Waals surface area contributed by atoms with Crippen LogP contribution in [0.5, 0.6) is 5.75 Å². The van der Waals surface area contributed by atoms with Gasteiger partial charge < -0.3 is 10.8 Å². The van der Waals surface area contributed by atoms with Crippen molar-refractivity contribution in [3.63, 3.8) is 0 Å². The Morgan fingerprint density at radius 3 is 2.83 bits per heavy atom. The summed E-state index contributed by atoms with van der Waals surface area (Å²) in [6, 6.07) is 6.14. The number of aromatic hydroxyl groups is 1. The van der Waals surface area contributed by atoms with Crippen LogP contribution in [0.2, 0.25) is 0 Å². The summed E-state index contributed by atoms with van der Waals surface area (Å²) in [4.78, 5) is 0. The fourth-order valence-corrected chi connectivity index (χ4v) is 0.993. The molecule has 1 rings (SSSR count). The van der Waals surface area contributed by atoms with Crippen LogP contribution in [0, 0.1) is 18.3 Å². The summed E-state index contributed by atoms with van der Waals surface area (Å²) in [7, 11) is 0. The van der Waals surface area contributed by atoms with Gasteiger partial charge in [0.1, 0.15) is 11.8 Å². The second kappa shape index (κ2) is 3.24. The Bertz CT molecular complexity index is 328. The SMILES string of the molecule is Cc1ccc(O)c([C@H](N)C#N)c1. The molecule has 3 N–H and O–H groups in total. The maximum atomic E-state index is 9.31. The molecule has 0 amide bonds. The first kappa shape index (κ1) is 8.57. The van der Waals surface area contributed by atoms with Crippen molar-refractivity contribution >= 4 is 0 Å². The number of nitriles is 1. The molecule has 1 aromatic rings. The molecular formula is C9H10N2O. The van der Waals surface area contributed by atoms with Crippen LogP contribution in [0.1, 0.15) is 17.2 Å². The van der Waals surface area contributed by atoms with Crippen molar-refractivity contribution in [2.75, 3.05) is 0 Å². The molecule has 1 atom stereocenters. The highest BCUT2D eigenvalue weighted by Gasteiger charge is 2.08. The first-order valence-corrected chi connectivity index (χ1v) is 3.60. The quantitative estimate of drug-likeness (QED) is 0.652. The molecule has 0 radical (unpaired) electrons. The van der Waals surface area contributed by atoms with E-state index in [0.717, 1.165) is 5.56 Å². The summed E-state index contributed by atoms with van der Waals surface area (Å²) in [6.45, 7) is 1.88. The molecule has 3 heteroatoms. The van der Waals surface area contributed by atoms with Crippen molar-refractivity contribution in [2.24, 2.45) is 5.73 Å². The molecule has 0 saturated carbocycles. The summed E-state index contributed by atoms with van der Waals surface area (Å²) in [5, 5.41) is 17.8. The number of hydrogen-bond acceptors (Lipinski definition) is 3. The van der Waals surface area contributed by atoms with E-state index in [4.69, 9.17) is 11.0 Å². The topological polar surface area (TPSA) is 70.0 Å². The zero-order valence-electron chi connectivity index (χ0n) is 6.78. The number of rotatable bonds is 1. The third-order valence-corrected chi connectivity index (χ3v) is 1.66. The molecule has 0 spiro atoms. The molecular weight excluding hydrogens is 152 g/mol. The van der Waals surface area contributed by atoms with E-state index >= 15 is 0 Å². The lowest BCUT2D eigenvalue weighted by molar-refractivity contribution is 0.466. The van der Waals surface area contributed by atoms with Gasteiger partial charge in [0.2, 0.25) is 0 Å². The van der Waals surface area contributed by atoms with Gasteiger partial charge in [0.05, 0.1) is 6.07 Å². The summed E-state index contributed by atoms with van der Waals surface area (Å²) >= 11 is 0. The number of phenolic OH excluding ortho intramolecular Hbond substituents is 1. The van der Waals surface area contributed by atoms with E-state index in [1.54, 1.807) is 18.2 Å². The average Bonchev–Trinajstić information content (AvgIpc) is 2.08. The molecule has 62 valence electrons. The largest absolute Gasteiger partial charge is 0.508 e. The van der Waals surface area contributed by atoms with E-state index in [9.17, 15) is 5.11 Å². The normalized spacial score (nSPS) is 12.1. The van der Waals surface area contributed by atoms with Gasteiger partial charge in [-0.2, -0.15) is 5.26 Å². The monoisotopic (exact) mass is 162 g/mol. The van der Waals surface area contributed by atoms with Crippen LogP contribution < -0.4 is 5.73 Å². The maximum absolute atomic E-state index is 9.31. The Morgan fingerprint density at radius 2 is 2.25 bits per heavy atom. The molecule has 0 bridgehead atoms. The van der Waals surface area contributed by atoms with Gasteiger partial charge in [-0.25, -0.2) is 0 Å². The Hall–Kier alpha value is -1.53. The second-order valence-corrected chi connectivity index (χ2v) is 2.67. The lowest BCUT2D eigenvalue weighted by Crippen LogP contribution is -2.07. The number of aryl methyl sites for hydroxylation is 1. The lowest BCUT2D eigenvalue weighted by Gasteiger charge is -2.06. The molecule has 1 aromatic carbocycles. The van der Waals surface area contributed by atoms with Gasteiger partial charge in [-0.15, -0.1) is 0 Å². The first-order valence-electron chi connectivity index (χ1n) is 3.60. The Labute approximate surface area is 71.1 Å². The highest BCUT2D eigenvalue weighted by molar-refractivity contribution is 5.39. The van der Waals surface area contributed by atoms with E-state index in [1.807, 2.05) is 13.0 Å². The molecule has 0 saturated heterocycles. The summed E-state index contributed by atoms with van der Waals surface area (Å²) in [5.74, 6) is 0.0784. The van der Waals surface area contributed by atoms with E-state index in [-0.39, 0.29) is 5.75 Å². The molecule has 0 aliphatic heterocycles. The van der Waals surface area contributed by atoms with Gasteiger partial charge in [-0.05, 0) is 19.1 Å². The van der Waals surface area contributed by atoms with Crippen LogP contribution in [-0.2, 0) is 0 Å². The summed E-state index contributed by atoms with van der Waals surface area (Å²) in [5.41, 5.74) is 6.91. The van der Waals surface area contributed by atoms with Crippen molar-refractivity contribution in [3.05, 3.63) is 29.3 Å². The number of nitrogens with zero attached hydrogens (tertiary/aromatic N) is 1. The lowest BCUT2D eigenvalue weighted by atomic mass is 10.1. The fourth-order valence-electron chi connectivity index (χ4n) is 0.993. The highest BCUT2D eigenvalue weighted by Crippen LogP contribution is 2.22. The van der Waals surface area contributed by atoms with Crippen molar-refractivity contribution in [3.8, 4) is 11.8 Å². The van der Waals surface area contributed by atoms with Crippen LogP contribution >= 0.6 is 0 Å². The summed E-state index contributed by atoms with van der Waals surface area (Å²) < 4.78 is 0. The smallest absolute Gasteiger partial charge is 0.122 e. The van der Waals surface area contributed by atoms with Crippen LogP contribution in [0.3, 0.4) is 0 Å². The van der Waals surface area contributed by atoms with E-state index in [1.165, 1.54) is 0 Å². The first-order chi connectivity index (χ1) is 5.65. The number of phenols is 1. The average molecular weight is 162 g/mol. The van der Waals surface area contributed by atoms with Crippen LogP contribution in [0.4, 0.5) is 0 Å². The summed E-state index contributed by atoms with van der Waals surface area (Å²) in [6.07, 6.45) is 0. The standard InChI is InChI=1S/C9H10N2O/c1-6-2-3-9(12)7(4-6)8(11)5-10/h2-4,8,12H,11H2,1H3/t8-/m1/s1. The predicted molar refractivity (Wildman–Crippen MR) is 45.4 cm³/mol. The van der Waals surface area contributed by atoms with Crippen LogP contribution in [0.25, 0.3) is 0 Å². The van der Waals surface area contributed by atoms with Crippen LogP contribution in [-0.4, -0.2) is 5.11 Å². The van der Waals surface area contributed by atoms with E-state index in [0.29, 0.717) is 5.56 Å². The van der Waals surface area contributed by atoms with Gasteiger partial charge in [-0.3, -0.25) is 0 Å². The van der Waals surface area contributed by atoms with Crippen molar-refractivity contribution < 1.29 is 5.11 Å². The van der Waals surface area contributed by atoms with Gasteiger partial charge >= 0.3 is 0 Å². The maximum Gasteiger partial charge on any atom is 0.122 e. The minimum Gasteiger partial charge on any atom is -0.508 e. The van der Waals surface area contributed by atoms with E-state index < -0.39 is 6.04 Å². The minimum absolute atomic E-state index is 0.0784. The molecule has 0 fully saturated rings. The molecule has 0 aliphatic carbocycles. The predicted octanol–water partition coefficient (Wildman–Crippen LogP) is 1.22.